The highest BCUT2D eigenvalue weighted by atomic mass is 32.2. The first kappa shape index (κ1) is 33.2. The smallest absolute Gasteiger partial charge is 0.353 e. The maximum Gasteiger partial charge on any atom is 0.353 e. The molecule has 0 aromatic carbocycles. The van der Waals surface area contributed by atoms with E-state index >= 15 is 0 Å². The van der Waals surface area contributed by atoms with Crippen molar-refractivity contribution in [2.45, 2.75) is 23.1 Å². The van der Waals surface area contributed by atoms with Crippen LogP contribution in [-0.2, 0) is 35.4 Å². The average Bonchev–Trinajstić information content (AvgIpc) is 3.69. The van der Waals surface area contributed by atoms with Crippen LogP contribution in [-0.4, -0.2) is 84.0 Å². The fourth-order valence-corrected chi connectivity index (χ4v) is 9.47. The molecule has 0 aliphatic carbocycles. The average molecular weight is 713 g/mol. The zero-order chi connectivity index (χ0) is 32.3. The van der Waals surface area contributed by atoms with Crippen molar-refractivity contribution in [3.05, 3.63) is 46.3 Å². The van der Waals surface area contributed by atoms with Gasteiger partial charge in [-0.05, 0) is 6.92 Å². The summed E-state index contributed by atoms with van der Waals surface area (Å²) >= 11 is 4.73. The minimum atomic E-state index is -3.62. The number of hydrogen-bond donors (Lipinski definition) is 3. The number of nitrogens with zero attached hydrogens (tertiary/aromatic N) is 6. The molecular formula is C25H27N7O8PS4+. The van der Waals surface area contributed by atoms with E-state index < -0.39 is 42.8 Å². The summed E-state index contributed by atoms with van der Waals surface area (Å²) in [5.74, 6) is -2.95. The van der Waals surface area contributed by atoms with E-state index in [1.807, 2.05) is 41.5 Å². The Hall–Kier alpha value is -3.19. The van der Waals surface area contributed by atoms with Crippen LogP contribution in [0, 0.1) is 5.92 Å². The highest BCUT2D eigenvalue weighted by molar-refractivity contribution is 8.07. The molecule has 3 N–H and O–H groups in total. The fraction of sp³-hybridized carbons (Fsp3) is 0.360. The number of hydrogen-bond acceptors (Lipinski definition) is 15. The number of Topliss-reactive ketones (excluding diaryl/α,β-unsaturated/α-hetero) is 1. The number of aliphatic carboxylic acids is 1. The molecule has 3 atom stereocenters. The number of carboxylic acid groups (broad SMARTS) is 1. The van der Waals surface area contributed by atoms with Gasteiger partial charge in [0.05, 0.1) is 17.0 Å². The van der Waals surface area contributed by atoms with Crippen molar-refractivity contribution in [1.82, 2.24) is 19.2 Å². The minimum absolute atomic E-state index is 0.0152. The molecule has 1 unspecified atom stereocenters. The third-order valence-corrected chi connectivity index (χ3v) is 12.4. The van der Waals surface area contributed by atoms with Gasteiger partial charge in [0.15, 0.2) is 28.2 Å². The summed E-state index contributed by atoms with van der Waals surface area (Å²) in [6, 6.07) is 3.88. The lowest BCUT2D eigenvalue weighted by molar-refractivity contribution is -0.671. The Morgan fingerprint density at radius 2 is 2.07 bits per heavy atom. The van der Waals surface area contributed by atoms with Crippen molar-refractivity contribution in [1.29, 1.82) is 0 Å². The van der Waals surface area contributed by atoms with Gasteiger partial charge in [-0.15, -0.1) is 23.1 Å². The van der Waals surface area contributed by atoms with E-state index in [1.54, 1.807) is 6.92 Å². The third kappa shape index (κ3) is 7.14. The molecule has 0 bridgehead atoms. The van der Waals surface area contributed by atoms with Gasteiger partial charge in [-0.25, -0.2) is 14.3 Å². The number of carboxylic acids is 1. The standard InChI is InChI=1S/C25H26N7O8PS4/c1-4-40-28-18(20-27-24(45-30-20)29-41(38,12-33)39-3)16(34)9-14-21(35)32-19(23(36)37)17(11-42-22(14)32)44-25-26-15(10-43-25)13-5-7-31(2)8-6-13/h5-8,10,14,22,33H,4,9,11-12H2,1-3H3,(H-,27,29,30,36,37,38)/p+1/b28-18+/t14-,22-,41?/m1/s1. The molecule has 0 saturated carbocycles. The number of fused-ring (bicyclic) bond motifs is 1. The van der Waals surface area contributed by atoms with Crippen LogP contribution in [0.3, 0.4) is 0 Å². The molecule has 5 rings (SSSR count). The molecule has 0 radical (unpaired) electrons. The number of aryl methyl sites for hydroxylation is 1. The van der Waals surface area contributed by atoms with Gasteiger partial charge in [0.25, 0.3) is 0 Å². The van der Waals surface area contributed by atoms with Crippen LogP contribution in [0.5, 0.6) is 0 Å². The number of thiazole rings is 1. The molecule has 5 heterocycles. The number of thioether (sulfide) groups is 2. The Bertz CT molecular complexity index is 1720. The molecule has 1 fully saturated rings. The monoisotopic (exact) mass is 712 g/mol. The Morgan fingerprint density at radius 3 is 2.73 bits per heavy atom. The van der Waals surface area contributed by atoms with E-state index in [0.717, 1.165) is 29.9 Å². The Kier molecular flexibility index (Phi) is 10.4. The summed E-state index contributed by atoms with van der Waals surface area (Å²) in [5, 5.41) is 27.1. The predicted molar refractivity (Wildman–Crippen MR) is 169 cm³/mol. The SMILES string of the molecule is CCO/N=C(\C(=O)C[C@@H]1C(=O)N2C(C(=O)O)=C(Sc3nc(-c4cc[n+](C)cc4)cs3)CS[C@H]12)c1nsc(NP(=O)(CO)OC)n1. The summed E-state index contributed by atoms with van der Waals surface area (Å²) in [7, 11) is -0.541. The van der Waals surface area contributed by atoms with E-state index in [0.29, 0.717) is 15.0 Å². The lowest BCUT2D eigenvalue weighted by atomic mass is 9.90. The number of aromatic nitrogens is 4. The number of anilines is 1. The van der Waals surface area contributed by atoms with Crippen LogP contribution < -0.4 is 9.65 Å². The van der Waals surface area contributed by atoms with E-state index in [2.05, 4.69) is 24.6 Å². The molecule has 3 aromatic heterocycles. The van der Waals surface area contributed by atoms with Crippen molar-refractivity contribution in [3.63, 3.8) is 0 Å². The van der Waals surface area contributed by atoms with Crippen LogP contribution in [0.4, 0.5) is 5.13 Å². The van der Waals surface area contributed by atoms with Gasteiger partial charge in [-0.3, -0.25) is 24.1 Å². The van der Waals surface area contributed by atoms with Crippen molar-refractivity contribution in [2.75, 3.05) is 30.9 Å². The zero-order valence-electron chi connectivity index (χ0n) is 24.0. The van der Waals surface area contributed by atoms with Gasteiger partial charge in [0.1, 0.15) is 25.7 Å². The van der Waals surface area contributed by atoms with Crippen LogP contribution in [0.25, 0.3) is 11.3 Å². The molecule has 1 amide bonds. The largest absolute Gasteiger partial charge is 0.477 e. The Morgan fingerprint density at radius 1 is 1.31 bits per heavy atom. The number of β-lactam (4-membered cyclic amide) rings is 1. The molecule has 238 valence electrons. The number of amides is 1. The van der Waals surface area contributed by atoms with Crippen LogP contribution in [0.15, 0.2) is 50.0 Å². The second kappa shape index (κ2) is 14.1. The Balaban J connectivity index is 1.31. The fourth-order valence-electron chi connectivity index (χ4n) is 4.31. The summed E-state index contributed by atoms with van der Waals surface area (Å²) < 4.78 is 23.8. The number of oxime groups is 1. The number of carbonyl (C=O) groups is 3. The second-order valence-electron chi connectivity index (χ2n) is 9.46. The zero-order valence-corrected chi connectivity index (χ0v) is 28.1. The van der Waals surface area contributed by atoms with Gasteiger partial charge >= 0.3 is 13.5 Å². The molecule has 45 heavy (non-hydrogen) atoms. The van der Waals surface area contributed by atoms with Gasteiger partial charge < -0.3 is 19.6 Å². The maximum absolute atomic E-state index is 13.4. The molecular weight excluding hydrogens is 686 g/mol. The van der Waals surface area contributed by atoms with Crippen molar-refractivity contribution in [2.24, 2.45) is 18.1 Å². The highest BCUT2D eigenvalue weighted by Crippen LogP contribution is 2.49. The highest BCUT2D eigenvalue weighted by Gasteiger charge is 2.54. The first-order chi connectivity index (χ1) is 21.6. The molecule has 1 saturated heterocycles. The molecule has 3 aromatic rings. The van der Waals surface area contributed by atoms with Crippen LogP contribution in [0.1, 0.15) is 19.2 Å². The van der Waals surface area contributed by atoms with Gasteiger partial charge in [-0.2, -0.15) is 9.36 Å². The van der Waals surface area contributed by atoms with Crippen LogP contribution in [0.2, 0.25) is 0 Å². The number of rotatable bonds is 14. The lowest BCUT2D eigenvalue weighted by Gasteiger charge is -2.49. The van der Waals surface area contributed by atoms with Crippen molar-refractivity contribution >= 4 is 82.4 Å². The quantitative estimate of drug-likeness (QED) is 0.0725. The van der Waals surface area contributed by atoms with Crippen molar-refractivity contribution in [3.8, 4) is 11.3 Å². The Labute approximate surface area is 273 Å². The molecule has 0 spiro atoms. The molecule has 20 heteroatoms. The van der Waals surface area contributed by atoms with Crippen molar-refractivity contribution < 1.29 is 43.1 Å². The molecule has 2 aliphatic heterocycles. The first-order valence-corrected chi connectivity index (χ1v) is 18.5. The van der Waals surface area contributed by atoms with Gasteiger partial charge in [-0.1, -0.05) is 16.9 Å². The maximum atomic E-state index is 13.4. The van der Waals surface area contributed by atoms with E-state index in [-0.39, 0.29) is 35.4 Å². The third-order valence-electron chi connectivity index (χ3n) is 6.55. The van der Waals surface area contributed by atoms with E-state index in [4.69, 9.17) is 9.36 Å². The summed E-state index contributed by atoms with van der Waals surface area (Å²) in [6.45, 7) is 1.81. The minimum Gasteiger partial charge on any atom is -0.477 e. The number of aliphatic hydroxyl groups excluding tert-OH is 1. The number of ketones is 1. The molecule has 15 nitrogen and oxygen atoms in total. The normalized spacial score (nSPS) is 19.5. The van der Waals surface area contributed by atoms with E-state index in [9.17, 15) is 29.2 Å². The summed E-state index contributed by atoms with van der Waals surface area (Å²) in [6.07, 6.45) is 2.75. The lowest BCUT2D eigenvalue weighted by Crippen LogP contribution is -2.61. The van der Waals surface area contributed by atoms with Gasteiger partial charge in [0.2, 0.25) is 16.9 Å². The molecule has 2 aliphatic rings. The predicted octanol–water partition coefficient (Wildman–Crippen LogP) is 3.01. The van der Waals surface area contributed by atoms with Crippen LogP contribution >= 0.6 is 53.9 Å². The second-order valence-corrected chi connectivity index (χ2v) is 15.7. The van der Waals surface area contributed by atoms with E-state index in [1.165, 1.54) is 39.8 Å². The number of pyridine rings is 1. The summed E-state index contributed by atoms with van der Waals surface area (Å²) in [5.41, 5.74) is 1.33. The number of carbonyl (C=O) groups excluding carboxylic acids is 2. The topological polar surface area (TPSA) is 197 Å². The van der Waals surface area contributed by atoms with Gasteiger partial charge in [0, 0.05) is 58.8 Å². The first-order valence-electron chi connectivity index (χ1n) is 13.2. The number of aliphatic hydroxyl groups is 1. The number of nitrogens with one attached hydrogen (secondary N) is 1. The summed E-state index contributed by atoms with van der Waals surface area (Å²) in [4.78, 5) is 54.7.